The number of amides is 1. The van der Waals surface area contributed by atoms with Gasteiger partial charge in [0.2, 0.25) is 0 Å². The van der Waals surface area contributed by atoms with Gasteiger partial charge in [-0.2, -0.15) is 0 Å². The van der Waals surface area contributed by atoms with Crippen LogP contribution in [-0.2, 0) is 0 Å². The summed E-state index contributed by atoms with van der Waals surface area (Å²) in [4.78, 5) is 14.3. The second-order valence-electron chi connectivity index (χ2n) is 4.79. The molecule has 5 heteroatoms. The number of likely N-dealkylation sites (tertiary alicyclic amines) is 1. The van der Waals surface area contributed by atoms with E-state index in [-0.39, 0.29) is 5.91 Å². The van der Waals surface area contributed by atoms with Crippen molar-refractivity contribution < 1.29 is 9.18 Å². The van der Waals surface area contributed by atoms with Gasteiger partial charge >= 0.3 is 0 Å². The Bertz CT molecular complexity index is 447. The fourth-order valence-electron chi connectivity index (χ4n) is 2.54. The summed E-state index contributed by atoms with van der Waals surface area (Å²) < 4.78 is 13.8. The maximum Gasteiger partial charge on any atom is 0.251 e. The van der Waals surface area contributed by atoms with Crippen LogP contribution in [0, 0.1) is 5.82 Å². The van der Waals surface area contributed by atoms with E-state index in [0.717, 1.165) is 19.5 Å². The first-order valence-electron chi connectivity index (χ1n) is 6.58. The number of carbonyl (C=O) groups is 1. The van der Waals surface area contributed by atoms with Crippen LogP contribution in [0.15, 0.2) is 22.7 Å². The van der Waals surface area contributed by atoms with Gasteiger partial charge in [-0.15, -0.1) is 0 Å². The lowest BCUT2D eigenvalue weighted by Crippen LogP contribution is -2.40. The van der Waals surface area contributed by atoms with Gasteiger partial charge in [0.25, 0.3) is 5.91 Å². The van der Waals surface area contributed by atoms with E-state index in [1.54, 1.807) is 6.07 Å². The molecule has 1 aromatic carbocycles. The van der Waals surface area contributed by atoms with Crippen LogP contribution in [0.3, 0.4) is 0 Å². The summed E-state index contributed by atoms with van der Waals surface area (Å²) in [7, 11) is 0. The van der Waals surface area contributed by atoms with E-state index < -0.39 is 5.82 Å². The molecule has 0 saturated carbocycles. The van der Waals surface area contributed by atoms with Crippen molar-refractivity contribution in [3.63, 3.8) is 0 Å². The van der Waals surface area contributed by atoms with Crippen LogP contribution in [-0.4, -0.2) is 36.5 Å². The molecule has 1 amide bonds. The molecule has 1 aromatic rings. The van der Waals surface area contributed by atoms with Crippen molar-refractivity contribution in [2.24, 2.45) is 0 Å². The molecule has 1 aliphatic rings. The lowest BCUT2D eigenvalue weighted by Gasteiger charge is -2.22. The van der Waals surface area contributed by atoms with Gasteiger partial charge in [0.1, 0.15) is 5.82 Å². The number of carbonyl (C=O) groups excluding carboxylic acids is 1. The quantitative estimate of drug-likeness (QED) is 0.921. The third-order valence-electron chi connectivity index (χ3n) is 3.53. The Morgan fingerprint density at radius 2 is 2.32 bits per heavy atom. The third kappa shape index (κ3) is 3.76. The molecule has 0 radical (unpaired) electrons. The van der Waals surface area contributed by atoms with Gasteiger partial charge in [0, 0.05) is 22.6 Å². The molecule has 104 valence electrons. The number of likely N-dealkylation sites (N-methyl/N-ethyl adjacent to an activating group) is 1. The predicted molar refractivity (Wildman–Crippen MR) is 76.7 cm³/mol. The zero-order valence-corrected chi connectivity index (χ0v) is 12.5. The van der Waals surface area contributed by atoms with Gasteiger partial charge in [-0.1, -0.05) is 22.9 Å². The Morgan fingerprint density at radius 1 is 1.53 bits per heavy atom. The fraction of sp³-hybridized carbons (Fsp3) is 0.500. The topological polar surface area (TPSA) is 32.3 Å². The second kappa shape index (κ2) is 6.48. The van der Waals surface area contributed by atoms with Gasteiger partial charge in [-0.3, -0.25) is 9.69 Å². The monoisotopic (exact) mass is 328 g/mol. The Morgan fingerprint density at radius 3 is 3.00 bits per heavy atom. The Labute approximate surface area is 121 Å². The largest absolute Gasteiger partial charge is 0.350 e. The van der Waals surface area contributed by atoms with Crippen LogP contribution in [0.4, 0.5) is 4.39 Å². The Hall–Kier alpha value is -0.940. The van der Waals surface area contributed by atoms with E-state index in [9.17, 15) is 9.18 Å². The normalized spacial score (nSPS) is 19.6. The van der Waals surface area contributed by atoms with Crippen molar-refractivity contribution in [3.05, 3.63) is 34.1 Å². The van der Waals surface area contributed by atoms with E-state index in [2.05, 4.69) is 33.1 Å². The number of nitrogens with zero attached hydrogens (tertiary/aromatic N) is 1. The highest BCUT2D eigenvalue weighted by Crippen LogP contribution is 2.17. The standard InChI is InChI=1S/C14H18BrFN2O/c1-2-18-5-3-4-13(18)9-17-14(19)10-6-11(15)8-12(16)7-10/h6-8,13H,2-5,9H2,1H3,(H,17,19). The van der Waals surface area contributed by atoms with Crippen LogP contribution in [0.1, 0.15) is 30.1 Å². The molecule has 0 spiro atoms. The molecule has 0 aliphatic carbocycles. The number of hydrogen-bond acceptors (Lipinski definition) is 2. The summed E-state index contributed by atoms with van der Waals surface area (Å²) >= 11 is 3.19. The molecule has 1 unspecified atom stereocenters. The van der Waals surface area contributed by atoms with E-state index in [0.29, 0.717) is 22.6 Å². The smallest absolute Gasteiger partial charge is 0.251 e. The van der Waals surface area contributed by atoms with Crippen molar-refractivity contribution in [1.29, 1.82) is 0 Å². The molecule has 19 heavy (non-hydrogen) atoms. The predicted octanol–water partition coefficient (Wildman–Crippen LogP) is 2.80. The molecular formula is C14H18BrFN2O. The number of benzene rings is 1. The highest BCUT2D eigenvalue weighted by atomic mass is 79.9. The van der Waals surface area contributed by atoms with Gasteiger partial charge in [-0.05, 0) is 44.1 Å². The van der Waals surface area contributed by atoms with Gasteiger partial charge < -0.3 is 5.32 Å². The molecule has 2 rings (SSSR count). The molecular weight excluding hydrogens is 311 g/mol. The summed E-state index contributed by atoms with van der Waals surface area (Å²) in [5.41, 5.74) is 0.355. The zero-order valence-electron chi connectivity index (χ0n) is 11.0. The minimum absolute atomic E-state index is 0.219. The van der Waals surface area contributed by atoms with Crippen molar-refractivity contribution in [2.45, 2.75) is 25.8 Å². The highest BCUT2D eigenvalue weighted by Gasteiger charge is 2.23. The third-order valence-corrected chi connectivity index (χ3v) is 3.99. The molecule has 1 fully saturated rings. The molecule has 1 atom stereocenters. The van der Waals surface area contributed by atoms with E-state index in [1.807, 2.05) is 0 Å². The first kappa shape index (κ1) is 14.5. The minimum Gasteiger partial charge on any atom is -0.350 e. The van der Waals surface area contributed by atoms with Gasteiger partial charge in [-0.25, -0.2) is 4.39 Å². The Kier molecular flexibility index (Phi) is 4.93. The number of rotatable bonds is 4. The number of nitrogens with one attached hydrogen (secondary N) is 1. The van der Waals surface area contributed by atoms with E-state index in [1.165, 1.54) is 18.6 Å². The Balaban J connectivity index is 1.94. The average Bonchev–Trinajstić information content (AvgIpc) is 2.82. The van der Waals surface area contributed by atoms with E-state index >= 15 is 0 Å². The van der Waals surface area contributed by atoms with Gasteiger partial charge in [0.15, 0.2) is 0 Å². The van der Waals surface area contributed by atoms with Crippen LogP contribution in [0.2, 0.25) is 0 Å². The van der Waals surface area contributed by atoms with E-state index in [4.69, 9.17) is 0 Å². The summed E-state index contributed by atoms with van der Waals surface area (Å²) in [6.07, 6.45) is 2.29. The molecule has 0 aromatic heterocycles. The maximum absolute atomic E-state index is 13.2. The number of halogens is 2. The van der Waals surface area contributed by atoms with Crippen LogP contribution in [0.25, 0.3) is 0 Å². The summed E-state index contributed by atoms with van der Waals surface area (Å²) in [6.45, 7) is 4.86. The zero-order chi connectivity index (χ0) is 13.8. The first-order chi connectivity index (χ1) is 9.10. The average molecular weight is 329 g/mol. The summed E-state index contributed by atoms with van der Waals surface area (Å²) in [5.74, 6) is -0.626. The van der Waals surface area contributed by atoms with Crippen molar-refractivity contribution in [1.82, 2.24) is 10.2 Å². The van der Waals surface area contributed by atoms with Crippen molar-refractivity contribution in [3.8, 4) is 0 Å². The number of hydrogen-bond donors (Lipinski definition) is 1. The van der Waals surface area contributed by atoms with Crippen LogP contribution < -0.4 is 5.32 Å². The van der Waals surface area contributed by atoms with Crippen LogP contribution in [0.5, 0.6) is 0 Å². The highest BCUT2D eigenvalue weighted by molar-refractivity contribution is 9.10. The SMILES string of the molecule is CCN1CCCC1CNC(=O)c1cc(F)cc(Br)c1. The summed E-state index contributed by atoms with van der Waals surface area (Å²) in [6, 6.07) is 4.63. The lowest BCUT2D eigenvalue weighted by molar-refractivity contribution is 0.0941. The lowest BCUT2D eigenvalue weighted by atomic mass is 10.2. The summed E-state index contributed by atoms with van der Waals surface area (Å²) in [5, 5.41) is 2.89. The molecule has 1 heterocycles. The van der Waals surface area contributed by atoms with Crippen molar-refractivity contribution in [2.75, 3.05) is 19.6 Å². The van der Waals surface area contributed by atoms with Crippen molar-refractivity contribution >= 4 is 21.8 Å². The molecule has 0 bridgehead atoms. The van der Waals surface area contributed by atoms with Gasteiger partial charge in [0.05, 0.1) is 0 Å². The molecule has 1 aliphatic heterocycles. The molecule has 1 saturated heterocycles. The first-order valence-corrected chi connectivity index (χ1v) is 7.37. The molecule has 3 nitrogen and oxygen atoms in total. The fourth-order valence-corrected chi connectivity index (χ4v) is 3.01. The minimum atomic E-state index is -0.407. The maximum atomic E-state index is 13.2. The molecule has 1 N–H and O–H groups in total. The van der Waals surface area contributed by atoms with Crippen LogP contribution >= 0.6 is 15.9 Å². The second-order valence-corrected chi connectivity index (χ2v) is 5.71.